The summed E-state index contributed by atoms with van der Waals surface area (Å²) in [5, 5.41) is 2.85. The molecule has 1 aromatic carbocycles. The number of aryl methyl sites for hydroxylation is 2. The fourth-order valence-electron chi connectivity index (χ4n) is 2.69. The van der Waals surface area contributed by atoms with Crippen molar-refractivity contribution in [1.29, 1.82) is 0 Å². The highest BCUT2D eigenvalue weighted by Crippen LogP contribution is 2.29. The van der Waals surface area contributed by atoms with Gasteiger partial charge in [0.1, 0.15) is 0 Å². The van der Waals surface area contributed by atoms with Crippen LogP contribution in [0.25, 0.3) is 0 Å². The molecule has 0 saturated heterocycles. The number of carbonyl (C=O) groups excluding carboxylic acids is 1. The number of hydrogen-bond donors (Lipinski definition) is 1. The first-order valence-electron chi connectivity index (χ1n) is 7.39. The molecule has 0 unspecified atom stereocenters. The maximum Gasteiger partial charge on any atom is 0.261 e. The van der Waals surface area contributed by atoms with E-state index in [1.165, 1.54) is 36.5 Å². The fraction of sp³-hybridized carbons (Fsp3) is 0.353. The Balaban J connectivity index is 1.64. The second kappa shape index (κ2) is 6.48. The van der Waals surface area contributed by atoms with Crippen molar-refractivity contribution in [2.75, 3.05) is 7.11 Å². The lowest BCUT2D eigenvalue weighted by Gasteiger charge is -2.08. The highest BCUT2D eigenvalue weighted by atomic mass is 32.1. The molecule has 0 spiro atoms. The second-order valence-electron chi connectivity index (χ2n) is 5.42. The number of hydrogen-bond acceptors (Lipinski definition) is 3. The first-order valence-corrected chi connectivity index (χ1v) is 8.21. The van der Waals surface area contributed by atoms with Gasteiger partial charge in [-0.2, -0.15) is 0 Å². The van der Waals surface area contributed by atoms with Crippen LogP contribution in [0.15, 0.2) is 24.3 Å². The standard InChI is InChI=1S/C17H18FNO2S/c1-21-14-7-6-11(8-13(14)18)10-19-17(20)16-9-12-4-2-3-5-15(12)22-16/h6-9H,2-5,10H2,1H3,(H,19,20). The molecule has 5 heteroatoms. The van der Waals surface area contributed by atoms with Crippen LogP contribution in [0.3, 0.4) is 0 Å². The van der Waals surface area contributed by atoms with Crippen molar-refractivity contribution in [3.05, 3.63) is 51.0 Å². The van der Waals surface area contributed by atoms with Gasteiger partial charge < -0.3 is 10.1 Å². The van der Waals surface area contributed by atoms with Crippen molar-refractivity contribution in [2.24, 2.45) is 0 Å². The lowest BCUT2D eigenvalue weighted by atomic mass is 9.99. The van der Waals surface area contributed by atoms with Crippen molar-refractivity contribution >= 4 is 17.2 Å². The van der Waals surface area contributed by atoms with E-state index in [2.05, 4.69) is 5.32 Å². The second-order valence-corrected chi connectivity index (χ2v) is 6.55. The molecule has 0 radical (unpaired) electrons. The fourth-order valence-corrected chi connectivity index (χ4v) is 3.86. The van der Waals surface area contributed by atoms with Gasteiger partial charge in [0.05, 0.1) is 12.0 Å². The number of methoxy groups -OCH3 is 1. The molecule has 3 rings (SSSR count). The quantitative estimate of drug-likeness (QED) is 0.933. The van der Waals surface area contributed by atoms with Crippen LogP contribution in [-0.2, 0) is 19.4 Å². The van der Waals surface area contributed by atoms with Gasteiger partial charge in [-0.3, -0.25) is 4.79 Å². The van der Waals surface area contributed by atoms with E-state index in [-0.39, 0.29) is 11.7 Å². The van der Waals surface area contributed by atoms with Gasteiger partial charge in [-0.05, 0) is 55.0 Å². The van der Waals surface area contributed by atoms with E-state index >= 15 is 0 Å². The summed E-state index contributed by atoms with van der Waals surface area (Å²) in [7, 11) is 1.43. The Morgan fingerprint density at radius 3 is 2.86 bits per heavy atom. The van der Waals surface area contributed by atoms with Gasteiger partial charge >= 0.3 is 0 Å². The molecule has 0 bridgehead atoms. The summed E-state index contributed by atoms with van der Waals surface area (Å²) in [5.74, 6) is -0.294. The van der Waals surface area contributed by atoms with Crippen molar-refractivity contribution < 1.29 is 13.9 Å². The SMILES string of the molecule is COc1ccc(CNC(=O)c2cc3c(s2)CCCC3)cc1F. The highest BCUT2D eigenvalue weighted by molar-refractivity contribution is 7.14. The molecule has 0 fully saturated rings. The van der Waals surface area contributed by atoms with Gasteiger partial charge in [-0.1, -0.05) is 6.07 Å². The van der Waals surface area contributed by atoms with Crippen LogP contribution in [0.1, 0.15) is 38.5 Å². The van der Waals surface area contributed by atoms with Crippen LogP contribution in [-0.4, -0.2) is 13.0 Å². The van der Waals surface area contributed by atoms with E-state index in [1.54, 1.807) is 23.5 Å². The van der Waals surface area contributed by atoms with Crippen molar-refractivity contribution in [3.63, 3.8) is 0 Å². The Kier molecular flexibility index (Phi) is 4.43. The minimum atomic E-state index is -0.416. The molecule has 0 atom stereocenters. The number of rotatable bonds is 4. The summed E-state index contributed by atoms with van der Waals surface area (Å²) >= 11 is 1.58. The smallest absolute Gasteiger partial charge is 0.261 e. The Bertz CT molecular complexity index is 672. The predicted octanol–water partition coefficient (Wildman–Crippen LogP) is 3.70. The highest BCUT2D eigenvalue weighted by Gasteiger charge is 2.17. The van der Waals surface area contributed by atoms with Crippen LogP contribution in [0.2, 0.25) is 0 Å². The Hall–Kier alpha value is -1.88. The van der Waals surface area contributed by atoms with Crippen LogP contribution in [0, 0.1) is 5.82 Å². The average Bonchev–Trinajstić information content (AvgIpc) is 2.97. The first-order chi connectivity index (χ1) is 10.7. The van der Waals surface area contributed by atoms with Crippen LogP contribution < -0.4 is 10.1 Å². The summed E-state index contributed by atoms with van der Waals surface area (Å²) in [6.45, 7) is 0.308. The number of benzene rings is 1. The Labute approximate surface area is 133 Å². The summed E-state index contributed by atoms with van der Waals surface area (Å²) in [6, 6.07) is 6.71. The Morgan fingerprint density at radius 2 is 2.14 bits per heavy atom. The topological polar surface area (TPSA) is 38.3 Å². The van der Waals surface area contributed by atoms with E-state index in [4.69, 9.17) is 4.74 Å². The van der Waals surface area contributed by atoms with E-state index < -0.39 is 5.82 Å². The largest absolute Gasteiger partial charge is 0.494 e. The van der Waals surface area contributed by atoms with Gasteiger partial charge in [0, 0.05) is 11.4 Å². The van der Waals surface area contributed by atoms with Gasteiger partial charge in [-0.15, -0.1) is 11.3 Å². The van der Waals surface area contributed by atoms with E-state index in [0.29, 0.717) is 12.1 Å². The normalized spacial score (nSPS) is 13.5. The van der Waals surface area contributed by atoms with Gasteiger partial charge in [0.15, 0.2) is 11.6 Å². The van der Waals surface area contributed by atoms with Gasteiger partial charge in [0.2, 0.25) is 0 Å². The number of thiophene rings is 1. The zero-order chi connectivity index (χ0) is 15.5. The number of carbonyl (C=O) groups is 1. The molecule has 0 saturated carbocycles. The van der Waals surface area contributed by atoms with Crippen LogP contribution in [0.5, 0.6) is 5.75 Å². The Morgan fingerprint density at radius 1 is 1.32 bits per heavy atom. The van der Waals surface area contributed by atoms with Crippen LogP contribution in [0.4, 0.5) is 4.39 Å². The van der Waals surface area contributed by atoms with E-state index in [0.717, 1.165) is 17.7 Å². The molecule has 1 amide bonds. The lowest BCUT2D eigenvalue weighted by Crippen LogP contribution is -2.21. The maximum absolute atomic E-state index is 13.6. The van der Waals surface area contributed by atoms with Crippen LogP contribution >= 0.6 is 11.3 Å². The molecule has 0 aliphatic heterocycles. The third kappa shape index (κ3) is 3.14. The van der Waals surface area contributed by atoms with Crippen molar-refractivity contribution in [2.45, 2.75) is 32.2 Å². The predicted molar refractivity (Wildman–Crippen MR) is 85.1 cm³/mol. The summed E-state index contributed by atoms with van der Waals surface area (Å²) in [6.07, 6.45) is 4.56. The molecule has 3 nitrogen and oxygen atoms in total. The minimum absolute atomic E-state index is 0.0874. The number of nitrogens with one attached hydrogen (secondary N) is 1. The summed E-state index contributed by atoms with van der Waals surface area (Å²) in [5.41, 5.74) is 2.03. The average molecular weight is 319 g/mol. The molecule has 22 heavy (non-hydrogen) atoms. The minimum Gasteiger partial charge on any atom is -0.494 e. The molecular formula is C17H18FNO2S. The van der Waals surface area contributed by atoms with Gasteiger partial charge in [0.25, 0.3) is 5.91 Å². The molecule has 1 heterocycles. The zero-order valence-electron chi connectivity index (χ0n) is 12.4. The summed E-state index contributed by atoms with van der Waals surface area (Å²) < 4.78 is 18.5. The van der Waals surface area contributed by atoms with Gasteiger partial charge in [-0.25, -0.2) is 4.39 Å². The van der Waals surface area contributed by atoms with E-state index in [9.17, 15) is 9.18 Å². The monoisotopic (exact) mass is 319 g/mol. The molecule has 1 aliphatic rings. The molecule has 1 N–H and O–H groups in total. The number of halogens is 1. The summed E-state index contributed by atoms with van der Waals surface area (Å²) in [4.78, 5) is 14.3. The number of ether oxygens (including phenoxy) is 1. The third-order valence-electron chi connectivity index (χ3n) is 3.89. The van der Waals surface area contributed by atoms with Crippen molar-refractivity contribution in [3.8, 4) is 5.75 Å². The molecule has 1 aromatic heterocycles. The molecule has 116 valence electrons. The van der Waals surface area contributed by atoms with Crippen molar-refractivity contribution in [1.82, 2.24) is 5.32 Å². The molecule has 1 aliphatic carbocycles. The number of fused-ring (bicyclic) bond motifs is 1. The van der Waals surface area contributed by atoms with E-state index in [1.807, 2.05) is 6.07 Å². The maximum atomic E-state index is 13.6. The number of amides is 1. The zero-order valence-corrected chi connectivity index (χ0v) is 13.3. The molecule has 2 aromatic rings. The first kappa shape index (κ1) is 15.0. The third-order valence-corrected chi connectivity index (χ3v) is 5.13. The molecular weight excluding hydrogens is 301 g/mol. The lowest BCUT2D eigenvalue weighted by molar-refractivity contribution is 0.0955.